The SMILES string of the molecule is O=C(NCCc1nc(C2CCCCC2)cs1)c1ccon1. The van der Waals surface area contributed by atoms with E-state index in [0.29, 0.717) is 18.2 Å². The molecule has 1 fully saturated rings. The summed E-state index contributed by atoms with van der Waals surface area (Å²) in [6.07, 6.45) is 8.71. The molecular weight excluding hydrogens is 286 g/mol. The zero-order valence-electron chi connectivity index (χ0n) is 11.9. The molecule has 3 rings (SSSR count). The van der Waals surface area contributed by atoms with Crippen molar-refractivity contribution in [3.63, 3.8) is 0 Å². The number of aromatic nitrogens is 2. The Labute approximate surface area is 127 Å². The van der Waals surface area contributed by atoms with Crippen LogP contribution in [0, 0.1) is 0 Å². The zero-order valence-corrected chi connectivity index (χ0v) is 12.7. The number of hydrogen-bond acceptors (Lipinski definition) is 5. The summed E-state index contributed by atoms with van der Waals surface area (Å²) in [5.74, 6) is 0.446. The molecule has 1 N–H and O–H groups in total. The molecule has 0 aromatic carbocycles. The van der Waals surface area contributed by atoms with Crippen molar-refractivity contribution in [1.29, 1.82) is 0 Å². The molecule has 21 heavy (non-hydrogen) atoms. The first kappa shape index (κ1) is 14.3. The molecule has 112 valence electrons. The van der Waals surface area contributed by atoms with Gasteiger partial charge in [0.05, 0.1) is 10.7 Å². The second-order valence-corrected chi connectivity index (χ2v) is 6.33. The van der Waals surface area contributed by atoms with Crippen LogP contribution in [0.5, 0.6) is 0 Å². The lowest BCUT2D eigenvalue weighted by molar-refractivity contribution is 0.0945. The van der Waals surface area contributed by atoms with Crippen molar-refractivity contribution < 1.29 is 9.32 Å². The van der Waals surface area contributed by atoms with Crippen LogP contribution in [0.4, 0.5) is 0 Å². The molecule has 2 heterocycles. The van der Waals surface area contributed by atoms with Crippen LogP contribution >= 0.6 is 11.3 Å². The van der Waals surface area contributed by atoms with Gasteiger partial charge in [0.1, 0.15) is 6.26 Å². The van der Waals surface area contributed by atoms with Gasteiger partial charge in [0, 0.05) is 30.3 Å². The van der Waals surface area contributed by atoms with Crippen molar-refractivity contribution in [2.24, 2.45) is 0 Å². The topological polar surface area (TPSA) is 68.0 Å². The summed E-state index contributed by atoms with van der Waals surface area (Å²) in [6.45, 7) is 0.573. The second-order valence-electron chi connectivity index (χ2n) is 5.39. The van der Waals surface area contributed by atoms with Crippen LogP contribution in [0.15, 0.2) is 22.2 Å². The van der Waals surface area contributed by atoms with Crippen molar-refractivity contribution in [3.8, 4) is 0 Å². The number of carbonyl (C=O) groups is 1. The highest BCUT2D eigenvalue weighted by Gasteiger charge is 2.18. The fourth-order valence-corrected chi connectivity index (χ4v) is 3.61. The lowest BCUT2D eigenvalue weighted by atomic mass is 9.87. The van der Waals surface area contributed by atoms with Crippen LogP contribution in [0.25, 0.3) is 0 Å². The van der Waals surface area contributed by atoms with Crippen molar-refractivity contribution in [1.82, 2.24) is 15.5 Å². The number of amides is 1. The summed E-state index contributed by atoms with van der Waals surface area (Å²) < 4.78 is 4.65. The minimum Gasteiger partial charge on any atom is -0.364 e. The molecule has 5 nitrogen and oxygen atoms in total. The predicted molar refractivity (Wildman–Crippen MR) is 80.5 cm³/mol. The molecule has 1 saturated carbocycles. The van der Waals surface area contributed by atoms with Gasteiger partial charge in [0.15, 0.2) is 5.69 Å². The van der Waals surface area contributed by atoms with Gasteiger partial charge < -0.3 is 9.84 Å². The summed E-state index contributed by atoms with van der Waals surface area (Å²) in [5, 5.41) is 9.71. The fourth-order valence-electron chi connectivity index (χ4n) is 2.73. The van der Waals surface area contributed by atoms with E-state index in [1.807, 2.05) is 0 Å². The van der Waals surface area contributed by atoms with Gasteiger partial charge in [0.25, 0.3) is 5.91 Å². The molecule has 1 aliphatic rings. The first-order chi connectivity index (χ1) is 10.3. The van der Waals surface area contributed by atoms with E-state index in [0.717, 1.165) is 11.4 Å². The molecule has 0 spiro atoms. The molecule has 1 amide bonds. The first-order valence-electron chi connectivity index (χ1n) is 7.46. The quantitative estimate of drug-likeness (QED) is 0.921. The number of carbonyl (C=O) groups excluding carboxylic acids is 1. The van der Waals surface area contributed by atoms with Crippen molar-refractivity contribution in [3.05, 3.63) is 34.1 Å². The Hall–Kier alpha value is -1.69. The van der Waals surface area contributed by atoms with Gasteiger partial charge in [-0.2, -0.15) is 0 Å². The van der Waals surface area contributed by atoms with E-state index in [1.165, 1.54) is 44.1 Å². The monoisotopic (exact) mass is 305 g/mol. The van der Waals surface area contributed by atoms with Crippen molar-refractivity contribution in [2.45, 2.75) is 44.4 Å². The van der Waals surface area contributed by atoms with Crippen LogP contribution in [0.1, 0.15) is 59.2 Å². The lowest BCUT2D eigenvalue weighted by Gasteiger charge is -2.19. The van der Waals surface area contributed by atoms with Gasteiger partial charge in [-0.05, 0) is 12.8 Å². The molecule has 6 heteroatoms. The van der Waals surface area contributed by atoms with E-state index >= 15 is 0 Å². The summed E-state index contributed by atoms with van der Waals surface area (Å²) >= 11 is 1.70. The molecular formula is C15H19N3O2S. The van der Waals surface area contributed by atoms with Crippen LogP contribution in [0.3, 0.4) is 0 Å². The number of nitrogens with one attached hydrogen (secondary N) is 1. The van der Waals surface area contributed by atoms with E-state index in [4.69, 9.17) is 4.98 Å². The number of nitrogens with zero attached hydrogens (tertiary/aromatic N) is 2. The summed E-state index contributed by atoms with van der Waals surface area (Å²) in [4.78, 5) is 16.4. The van der Waals surface area contributed by atoms with E-state index in [1.54, 1.807) is 17.4 Å². The maximum atomic E-state index is 11.7. The maximum Gasteiger partial charge on any atom is 0.273 e. The maximum absolute atomic E-state index is 11.7. The van der Waals surface area contributed by atoms with E-state index in [-0.39, 0.29) is 5.91 Å². The van der Waals surface area contributed by atoms with Gasteiger partial charge in [0.2, 0.25) is 0 Å². The van der Waals surface area contributed by atoms with E-state index < -0.39 is 0 Å². The van der Waals surface area contributed by atoms with Crippen LogP contribution in [0.2, 0.25) is 0 Å². The van der Waals surface area contributed by atoms with Gasteiger partial charge >= 0.3 is 0 Å². The number of rotatable bonds is 5. The molecule has 0 saturated heterocycles. The number of thiazole rings is 1. The summed E-state index contributed by atoms with van der Waals surface area (Å²) in [6, 6.07) is 1.56. The average Bonchev–Trinajstić information content (AvgIpc) is 3.20. The normalized spacial score (nSPS) is 16.0. The number of hydrogen-bond donors (Lipinski definition) is 1. The molecule has 1 aliphatic carbocycles. The second kappa shape index (κ2) is 6.85. The Kier molecular flexibility index (Phi) is 4.65. The van der Waals surface area contributed by atoms with Crippen LogP contribution in [-0.2, 0) is 6.42 Å². The minimum absolute atomic E-state index is 0.201. The third-order valence-corrected chi connectivity index (χ3v) is 4.81. The van der Waals surface area contributed by atoms with Crippen LogP contribution < -0.4 is 5.32 Å². The molecule has 2 aromatic heterocycles. The van der Waals surface area contributed by atoms with Gasteiger partial charge in [-0.1, -0.05) is 24.4 Å². The molecule has 0 unspecified atom stereocenters. The molecule has 0 bridgehead atoms. The highest BCUT2D eigenvalue weighted by molar-refractivity contribution is 7.09. The zero-order chi connectivity index (χ0) is 14.5. The standard InChI is InChI=1S/C15H19N3O2S/c19-15(12-7-9-20-18-12)16-8-6-14-17-13(10-21-14)11-4-2-1-3-5-11/h7,9-11H,1-6,8H2,(H,16,19). The predicted octanol–water partition coefficient (Wildman–Crippen LogP) is 3.15. The van der Waals surface area contributed by atoms with Gasteiger partial charge in [-0.15, -0.1) is 11.3 Å². The van der Waals surface area contributed by atoms with Gasteiger partial charge in [-0.3, -0.25) is 4.79 Å². The molecule has 0 aliphatic heterocycles. The third-order valence-electron chi connectivity index (χ3n) is 3.89. The highest BCUT2D eigenvalue weighted by atomic mass is 32.1. The highest BCUT2D eigenvalue weighted by Crippen LogP contribution is 2.33. The summed E-state index contributed by atoms with van der Waals surface area (Å²) in [7, 11) is 0. The first-order valence-corrected chi connectivity index (χ1v) is 8.34. The Balaban J connectivity index is 1.47. The smallest absolute Gasteiger partial charge is 0.273 e. The summed E-state index contributed by atoms with van der Waals surface area (Å²) in [5.41, 5.74) is 1.56. The van der Waals surface area contributed by atoms with E-state index in [9.17, 15) is 4.79 Å². The minimum atomic E-state index is -0.201. The van der Waals surface area contributed by atoms with E-state index in [2.05, 4.69) is 20.4 Å². The third kappa shape index (κ3) is 3.69. The van der Waals surface area contributed by atoms with Crippen molar-refractivity contribution >= 4 is 17.2 Å². The largest absolute Gasteiger partial charge is 0.364 e. The fraction of sp³-hybridized carbons (Fsp3) is 0.533. The van der Waals surface area contributed by atoms with Crippen LogP contribution in [-0.4, -0.2) is 22.6 Å². The Morgan fingerprint density at radius 1 is 1.38 bits per heavy atom. The molecule has 0 radical (unpaired) electrons. The van der Waals surface area contributed by atoms with Crippen molar-refractivity contribution in [2.75, 3.05) is 6.54 Å². The Morgan fingerprint density at radius 2 is 2.24 bits per heavy atom. The lowest BCUT2D eigenvalue weighted by Crippen LogP contribution is -2.25. The average molecular weight is 305 g/mol. The Bertz CT molecular complexity index is 574. The molecule has 0 atom stereocenters. The van der Waals surface area contributed by atoms with Gasteiger partial charge in [-0.25, -0.2) is 4.98 Å². The Morgan fingerprint density at radius 3 is 3.00 bits per heavy atom. The molecule has 2 aromatic rings.